The minimum absolute atomic E-state index is 0.190. The monoisotopic (exact) mass is 366 g/mol. The minimum atomic E-state index is -0.559. The summed E-state index contributed by atoms with van der Waals surface area (Å²) in [6, 6.07) is 16.9. The number of benzene rings is 2. The topological polar surface area (TPSA) is 68.2 Å². The second-order valence-corrected chi connectivity index (χ2v) is 6.26. The lowest BCUT2D eigenvalue weighted by Gasteiger charge is -2.28. The Morgan fingerprint density at radius 1 is 1.04 bits per heavy atom. The maximum absolute atomic E-state index is 12.9. The molecule has 3 rings (SSSR count). The van der Waals surface area contributed by atoms with Gasteiger partial charge in [-0.15, -0.1) is 0 Å². The van der Waals surface area contributed by atoms with Crippen LogP contribution in [0.1, 0.15) is 22.8 Å². The predicted molar refractivity (Wildman–Crippen MR) is 103 cm³/mol. The van der Waals surface area contributed by atoms with Gasteiger partial charge in [0.1, 0.15) is 5.71 Å². The van der Waals surface area contributed by atoms with Gasteiger partial charge >= 0.3 is 5.97 Å². The third-order valence-corrected chi connectivity index (χ3v) is 4.27. The summed E-state index contributed by atoms with van der Waals surface area (Å²) < 4.78 is 5.36. The van der Waals surface area contributed by atoms with Crippen LogP contribution in [0, 0.1) is 0 Å². The molecule has 0 saturated carbocycles. The quantitative estimate of drug-likeness (QED) is 0.340. The first-order chi connectivity index (χ1) is 13.1. The number of nitrogens with zero attached hydrogens (tertiary/aromatic N) is 2. The molecule has 0 N–H and O–H groups in total. The Bertz CT molecular complexity index is 810. The highest BCUT2D eigenvalue weighted by Crippen LogP contribution is 2.18. The van der Waals surface area contributed by atoms with Crippen molar-refractivity contribution in [1.29, 1.82) is 0 Å². The first-order valence-electron chi connectivity index (χ1n) is 8.89. The zero-order valence-electron chi connectivity index (χ0n) is 15.3. The average Bonchev–Trinajstić information content (AvgIpc) is 2.72. The molecule has 27 heavy (non-hydrogen) atoms. The fourth-order valence-electron chi connectivity index (χ4n) is 2.87. The molecule has 1 saturated heterocycles. The van der Waals surface area contributed by atoms with Crippen LogP contribution in [0.2, 0.25) is 0 Å². The molecule has 1 fully saturated rings. The summed E-state index contributed by atoms with van der Waals surface area (Å²) in [6.07, 6.45) is 0.290. The fourth-order valence-corrected chi connectivity index (χ4v) is 2.87. The van der Waals surface area contributed by atoms with Crippen molar-refractivity contribution in [1.82, 2.24) is 0 Å². The number of morpholine rings is 1. The van der Waals surface area contributed by atoms with Gasteiger partial charge in [0.2, 0.25) is 5.78 Å². The zero-order chi connectivity index (χ0) is 19.1. The molecule has 1 aliphatic rings. The molecule has 1 aliphatic heterocycles. The van der Waals surface area contributed by atoms with Crippen LogP contribution in [-0.4, -0.2) is 43.8 Å². The van der Waals surface area contributed by atoms with Crippen LogP contribution in [-0.2, 0) is 20.8 Å². The van der Waals surface area contributed by atoms with E-state index in [1.807, 2.05) is 42.5 Å². The van der Waals surface area contributed by atoms with Crippen LogP contribution in [0.4, 0.5) is 5.69 Å². The molecule has 0 spiro atoms. The number of hydrogen-bond acceptors (Lipinski definition) is 6. The van der Waals surface area contributed by atoms with Gasteiger partial charge < -0.3 is 14.5 Å². The summed E-state index contributed by atoms with van der Waals surface area (Å²) in [5.41, 5.74) is 2.67. The number of anilines is 1. The van der Waals surface area contributed by atoms with Crippen LogP contribution in [0.3, 0.4) is 0 Å². The standard InChI is InChI=1S/C21H22N2O4/c1-16(24)27-22-20(15-17-5-3-2-4-6-17)21(25)18-7-9-19(10-8-18)23-11-13-26-14-12-23/h2-10H,11-15H2,1H3/b22-20+. The van der Waals surface area contributed by atoms with Gasteiger partial charge in [-0.25, -0.2) is 4.79 Å². The van der Waals surface area contributed by atoms with E-state index in [2.05, 4.69) is 10.1 Å². The van der Waals surface area contributed by atoms with E-state index in [1.165, 1.54) is 6.92 Å². The van der Waals surface area contributed by atoms with Gasteiger partial charge in [-0.2, -0.15) is 0 Å². The number of oxime groups is 1. The molecule has 0 aromatic heterocycles. The van der Waals surface area contributed by atoms with Crippen molar-refractivity contribution >= 4 is 23.2 Å². The molecule has 140 valence electrons. The van der Waals surface area contributed by atoms with E-state index in [0.29, 0.717) is 18.8 Å². The van der Waals surface area contributed by atoms with E-state index in [9.17, 15) is 9.59 Å². The normalized spacial score (nSPS) is 14.7. The summed E-state index contributed by atoms with van der Waals surface area (Å²) in [5, 5.41) is 3.80. The zero-order valence-corrected chi connectivity index (χ0v) is 15.3. The molecule has 2 aromatic carbocycles. The molecular formula is C21H22N2O4. The van der Waals surface area contributed by atoms with E-state index < -0.39 is 5.97 Å². The molecule has 0 amide bonds. The van der Waals surface area contributed by atoms with Gasteiger partial charge in [0.25, 0.3) is 0 Å². The maximum Gasteiger partial charge on any atom is 0.331 e. The first-order valence-corrected chi connectivity index (χ1v) is 8.89. The molecule has 6 heteroatoms. The molecule has 0 atom stereocenters. The van der Waals surface area contributed by atoms with Crippen LogP contribution < -0.4 is 4.90 Å². The Balaban J connectivity index is 1.78. The van der Waals surface area contributed by atoms with E-state index in [0.717, 1.165) is 24.3 Å². The van der Waals surface area contributed by atoms with Gasteiger partial charge in [0.15, 0.2) is 0 Å². The van der Waals surface area contributed by atoms with Crippen molar-refractivity contribution in [3.63, 3.8) is 0 Å². The van der Waals surface area contributed by atoms with Gasteiger partial charge in [0, 0.05) is 37.7 Å². The summed E-state index contributed by atoms with van der Waals surface area (Å²) in [5.74, 6) is -0.815. The molecule has 2 aromatic rings. The third kappa shape index (κ3) is 5.24. The number of ether oxygens (including phenoxy) is 1. The largest absolute Gasteiger partial charge is 0.378 e. The van der Waals surface area contributed by atoms with E-state index in [4.69, 9.17) is 9.57 Å². The molecule has 6 nitrogen and oxygen atoms in total. The highest BCUT2D eigenvalue weighted by Gasteiger charge is 2.18. The lowest BCUT2D eigenvalue weighted by molar-refractivity contribution is -0.140. The Hall–Kier alpha value is -2.99. The second kappa shape index (κ2) is 9.09. The van der Waals surface area contributed by atoms with Gasteiger partial charge in [-0.1, -0.05) is 35.5 Å². The molecule has 1 heterocycles. The van der Waals surface area contributed by atoms with Crippen LogP contribution in [0.5, 0.6) is 0 Å². The van der Waals surface area contributed by atoms with E-state index in [-0.39, 0.29) is 17.9 Å². The maximum atomic E-state index is 12.9. The molecule has 0 bridgehead atoms. The van der Waals surface area contributed by atoms with E-state index >= 15 is 0 Å². The highest BCUT2D eigenvalue weighted by molar-refractivity contribution is 6.46. The smallest absolute Gasteiger partial charge is 0.331 e. The van der Waals surface area contributed by atoms with Crippen molar-refractivity contribution in [2.75, 3.05) is 31.2 Å². The van der Waals surface area contributed by atoms with Crippen molar-refractivity contribution < 1.29 is 19.2 Å². The lowest BCUT2D eigenvalue weighted by Crippen LogP contribution is -2.36. The van der Waals surface area contributed by atoms with Gasteiger partial charge in [0.05, 0.1) is 13.2 Å². The Kier molecular flexibility index (Phi) is 6.33. The van der Waals surface area contributed by atoms with Crippen molar-refractivity contribution in [3.05, 3.63) is 65.7 Å². The predicted octanol–water partition coefficient (Wildman–Crippen LogP) is 2.87. The summed E-state index contributed by atoms with van der Waals surface area (Å²) >= 11 is 0. The first kappa shape index (κ1) is 18.8. The Morgan fingerprint density at radius 2 is 1.70 bits per heavy atom. The number of ketones is 1. The summed E-state index contributed by atoms with van der Waals surface area (Å²) in [7, 11) is 0. The van der Waals surface area contributed by atoms with Crippen molar-refractivity contribution in [3.8, 4) is 0 Å². The lowest BCUT2D eigenvalue weighted by atomic mass is 10.0. The number of Topliss-reactive ketones (excluding diaryl/α,β-unsaturated/α-hetero) is 1. The number of carbonyl (C=O) groups is 2. The Morgan fingerprint density at radius 3 is 2.33 bits per heavy atom. The number of rotatable bonds is 6. The molecular weight excluding hydrogens is 344 g/mol. The van der Waals surface area contributed by atoms with Gasteiger partial charge in [-0.3, -0.25) is 4.79 Å². The minimum Gasteiger partial charge on any atom is -0.378 e. The van der Waals surface area contributed by atoms with Crippen molar-refractivity contribution in [2.45, 2.75) is 13.3 Å². The van der Waals surface area contributed by atoms with Crippen LogP contribution in [0.25, 0.3) is 0 Å². The summed E-state index contributed by atoms with van der Waals surface area (Å²) in [6.45, 7) is 4.33. The molecule has 0 aliphatic carbocycles. The SMILES string of the molecule is CC(=O)O/N=C(\Cc1ccccc1)C(=O)c1ccc(N2CCOCC2)cc1. The average molecular weight is 366 g/mol. The number of hydrogen-bond donors (Lipinski definition) is 0. The Labute approximate surface area is 158 Å². The number of carbonyl (C=O) groups excluding carboxylic acids is 2. The highest BCUT2D eigenvalue weighted by atomic mass is 16.7. The third-order valence-electron chi connectivity index (χ3n) is 4.27. The van der Waals surface area contributed by atoms with Crippen molar-refractivity contribution in [2.24, 2.45) is 5.16 Å². The van der Waals surface area contributed by atoms with Gasteiger partial charge in [-0.05, 0) is 29.8 Å². The molecule has 0 radical (unpaired) electrons. The second-order valence-electron chi connectivity index (χ2n) is 6.26. The van der Waals surface area contributed by atoms with E-state index in [1.54, 1.807) is 12.1 Å². The van der Waals surface area contributed by atoms with Crippen LogP contribution >= 0.6 is 0 Å². The van der Waals surface area contributed by atoms with Crippen LogP contribution in [0.15, 0.2) is 59.8 Å². The summed E-state index contributed by atoms with van der Waals surface area (Å²) in [4.78, 5) is 31.0. The fraction of sp³-hybridized carbons (Fsp3) is 0.286. The molecule has 0 unspecified atom stereocenters.